The zero-order chi connectivity index (χ0) is 20.2. The molecule has 0 fully saturated rings. The topological polar surface area (TPSA) is 74.0 Å². The Hall–Kier alpha value is -3.41. The lowest BCUT2D eigenvalue weighted by Crippen LogP contribution is -2.43. The maximum absolute atomic E-state index is 13.4. The maximum atomic E-state index is 13.4. The lowest BCUT2D eigenvalue weighted by atomic mass is 9.97. The van der Waals surface area contributed by atoms with Crippen LogP contribution in [0.15, 0.2) is 85.1 Å². The molecule has 0 radical (unpaired) electrons. The molecular weight excluding hydrogens is 386 g/mol. The number of aromatic nitrogens is 1. The van der Waals surface area contributed by atoms with Crippen LogP contribution in [-0.4, -0.2) is 16.7 Å². The Labute approximate surface area is 172 Å². The molecule has 0 aliphatic rings. The normalized spacial score (nSPS) is 11.9. The minimum Gasteiger partial charge on any atom is -0.360 e. The van der Waals surface area contributed by atoms with Crippen molar-refractivity contribution in [2.45, 2.75) is 6.04 Å². The number of hydrogen-bond donors (Lipinski definition) is 3. The first-order chi connectivity index (χ1) is 14.1. The Morgan fingerprint density at radius 1 is 0.862 bits per heavy atom. The van der Waals surface area contributed by atoms with E-state index in [9.17, 15) is 9.59 Å². The molecule has 3 N–H and O–H groups in total. The standard InChI is InChI=1S/C23H18ClN3O2/c24-17-12-10-16(11-13-17)23(29)27-26-21(15-6-2-1-3-7-15)22(28)19-14-25-20-9-5-4-8-18(19)20/h1-14,21,25-26H,(H,27,29). The van der Waals surface area contributed by atoms with Crippen molar-refractivity contribution in [1.82, 2.24) is 15.8 Å². The van der Waals surface area contributed by atoms with Crippen molar-refractivity contribution in [2.75, 3.05) is 0 Å². The number of carbonyl (C=O) groups excluding carboxylic acids is 2. The molecular formula is C23H18ClN3O2. The van der Waals surface area contributed by atoms with Gasteiger partial charge in [-0.05, 0) is 35.9 Å². The smallest absolute Gasteiger partial charge is 0.265 e. The number of aromatic amines is 1. The van der Waals surface area contributed by atoms with Gasteiger partial charge >= 0.3 is 0 Å². The van der Waals surface area contributed by atoms with Crippen LogP contribution in [0.1, 0.15) is 32.3 Å². The second-order valence-electron chi connectivity index (χ2n) is 6.56. The fourth-order valence-electron chi connectivity index (χ4n) is 3.19. The average Bonchev–Trinajstić information content (AvgIpc) is 3.19. The Kier molecular flexibility index (Phi) is 5.42. The van der Waals surface area contributed by atoms with Crippen LogP contribution in [0, 0.1) is 0 Å². The third-order valence-corrected chi connectivity index (χ3v) is 4.94. The Bertz CT molecular complexity index is 1150. The van der Waals surface area contributed by atoms with Crippen molar-refractivity contribution in [3.8, 4) is 0 Å². The third-order valence-electron chi connectivity index (χ3n) is 4.69. The van der Waals surface area contributed by atoms with E-state index in [1.54, 1.807) is 30.5 Å². The quantitative estimate of drug-likeness (QED) is 0.323. The first-order valence-corrected chi connectivity index (χ1v) is 9.48. The molecule has 1 amide bonds. The van der Waals surface area contributed by atoms with E-state index in [0.29, 0.717) is 16.1 Å². The summed E-state index contributed by atoms with van der Waals surface area (Å²) in [5.41, 5.74) is 8.18. The highest BCUT2D eigenvalue weighted by Gasteiger charge is 2.25. The largest absolute Gasteiger partial charge is 0.360 e. The van der Waals surface area contributed by atoms with Gasteiger partial charge in [0.1, 0.15) is 6.04 Å². The highest BCUT2D eigenvalue weighted by Crippen LogP contribution is 2.24. The summed E-state index contributed by atoms with van der Waals surface area (Å²) in [5.74, 6) is -0.501. The molecule has 0 aliphatic heterocycles. The number of para-hydroxylation sites is 1. The summed E-state index contributed by atoms with van der Waals surface area (Å²) in [6, 6.07) is 22.7. The second kappa shape index (κ2) is 8.31. The highest BCUT2D eigenvalue weighted by atomic mass is 35.5. The molecule has 1 heterocycles. The van der Waals surface area contributed by atoms with Crippen molar-refractivity contribution in [3.63, 3.8) is 0 Å². The molecule has 4 aromatic rings. The zero-order valence-corrected chi connectivity index (χ0v) is 16.1. The molecule has 3 aromatic carbocycles. The van der Waals surface area contributed by atoms with Gasteiger partial charge in [-0.3, -0.25) is 15.0 Å². The van der Waals surface area contributed by atoms with Gasteiger partial charge in [-0.2, -0.15) is 0 Å². The van der Waals surface area contributed by atoms with Gasteiger partial charge in [-0.1, -0.05) is 60.1 Å². The van der Waals surface area contributed by atoms with Crippen LogP contribution >= 0.6 is 11.6 Å². The van der Waals surface area contributed by atoms with Gasteiger partial charge in [0.2, 0.25) is 0 Å². The van der Waals surface area contributed by atoms with Crippen LogP contribution in [0.25, 0.3) is 10.9 Å². The van der Waals surface area contributed by atoms with Crippen LogP contribution in [0.3, 0.4) is 0 Å². The van der Waals surface area contributed by atoms with Crippen molar-refractivity contribution in [3.05, 3.63) is 107 Å². The molecule has 0 spiro atoms. The fourth-order valence-corrected chi connectivity index (χ4v) is 3.31. The minimum absolute atomic E-state index is 0.148. The number of H-pyrrole nitrogens is 1. The number of halogens is 1. The van der Waals surface area contributed by atoms with E-state index in [2.05, 4.69) is 15.8 Å². The predicted octanol–water partition coefficient (Wildman–Crippen LogP) is 4.68. The second-order valence-corrected chi connectivity index (χ2v) is 7.00. The highest BCUT2D eigenvalue weighted by molar-refractivity contribution is 6.30. The molecule has 29 heavy (non-hydrogen) atoms. The van der Waals surface area contributed by atoms with E-state index < -0.39 is 6.04 Å². The van der Waals surface area contributed by atoms with Gasteiger partial charge in [0.15, 0.2) is 5.78 Å². The van der Waals surface area contributed by atoms with Crippen molar-refractivity contribution >= 4 is 34.2 Å². The molecule has 5 nitrogen and oxygen atoms in total. The third kappa shape index (κ3) is 4.06. The molecule has 0 saturated carbocycles. The van der Waals surface area contributed by atoms with Gasteiger partial charge in [0.25, 0.3) is 5.91 Å². The monoisotopic (exact) mass is 403 g/mol. The maximum Gasteiger partial charge on any atom is 0.265 e. The van der Waals surface area contributed by atoms with Crippen molar-refractivity contribution in [1.29, 1.82) is 0 Å². The summed E-state index contributed by atoms with van der Waals surface area (Å²) >= 11 is 5.88. The van der Waals surface area contributed by atoms with Crippen molar-refractivity contribution < 1.29 is 9.59 Å². The molecule has 144 valence electrons. The SMILES string of the molecule is O=C(NNC(C(=O)c1c[nH]c2ccccc12)c1ccccc1)c1ccc(Cl)cc1. The number of rotatable bonds is 6. The van der Waals surface area contributed by atoms with E-state index >= 15 is 0 Å². The van der Waals surface area contributed by atoms with Crippen LogP contribution in [0.2, 0.25) is 5.02 Å². The lowest BCUT2D eigenvalue weighted by molar-refractivity contribution is 0.0884. The predicted molar refractivity (Wildman–Crippen MR) is 114 cm³/mol. The van der Waals surface area contributed by atoms with Gasteiger partial charge in [0, 0.05) is 33.2 Å². The summed E-state index contributed by atoms with van der Waals surface area (Å²) in [6.45, 7) is 0. The molecule has 0 bridgehead atoms. The number of hydrazine groups is 1. The number of amides is 1. The number of nitrogens with one attached hydrogen (secondary N) is 3. The number of ketones is 1. The van der Waals surface area contributed by atoms with Crippen LogP contribution in [0.5, 0.6) is 0 Å². The first kappa shape index (κ1) is 18.9. The molecule has 1 atom stereocenters. The molecule has 1 aromatic heterocycles. The van der Waals surface area contributed by atoms with Gasteiger partial charge in [-0.25, -0.2) is 5.43 Å². The first-order valence-electron chi connectivity index (χ1n) is 9.10. The van der Waals surface area contributed by atoms with Crippen molar-refractivity contribution in [2.24, 2.45) is 0 Å². The van der Waals surface area contributed by atoms with E-state index in [1.165, 1.54) is 0 Å². The van der Waals surface area contributed by atoms with Crippen LogP contribution < -0.4 is 10.9 Å². The number of fused-ring (bicyclic) bond motifs is 1. The van der Waals surface area contributed by atoms with E-state index in [1.807, 2.05) is 54.6 Å². The fraction of sp³-hybridized carbons (Fsp3) is 0.0435. The van der Waals surface area contributed by atoms with Crippen LogP contribution in [0.4, 0.5) is 0 Å². The Morgan fingerprint density at radius 2 is 1.55 bits per heavy atom. The number of benzene rings is 3. The molecule has 4 rings (SSSR count). The summed E-state index contributed by atoms with van der Waals surface area (Å²) < 4.78 is 0. The summed E-state index contributed by atoms with van der Waals surface area (Å²) in [4.78, 5) is 29.0. The van der Waals surface area contributed by atoms with Crippen LogP contribution in [-0.2, 0) is 0 Å². The summed E-state index contributed by atoms with van der Waals surface area (Å²) in [7, 11) is 0. The Morgan fingerprint density at radius 3 is 2.31 bits per heavy atom. The Balaban J connectivity index is 1.61. The van der Waals surface area contributed by atoms with Gasteiger partial charge in [0.05, 0.1) is 0 Å². The number of carbonyl (C=O) groups is 2. The number of Topliss-reactive ketones (excluding diaryl/α,β-unsaturated/α-hetero) is 1. The summed E-state index contributed by atoms with van der Waals surface area (Å²) in [5, 5.41) is 1.38. The van der Waals surface area contributed by atoms with E-state index in [0.717, 1.165) is 16.5 Å². The molecule has 6 heteroatoms. The average molecular weight is 404 g/mol. The van der Waals surface area contributed by atoms with Gasteiger partial charge in [-0.15, -0.1) is 0 Å². The van der Waals surface area contributed by atoms with Gasteiger partial charge < -0.3 is 4.98 Å². The zero-order valence-electron chi connectivity index (χ0n) is 15.4. The molecule has 0 aliphatic carbocycles. The molecule has 1 unspecified atom stereocenters. The minimum atomic E-state index is -0.744. The summed E-state index contributed by atoms with van der Waals surface area (Å²) in [6.07, 6.45) is 1.70. The molecule has 0 saturated heterocycles. The van der Waals surface area contributed by atoms with E-state index in [4.69, 9.17) is 11.6 Å². The lowest BCUT2D eigenvalue weighted by Gasteiger charge is -2.18. The van der Waals surface area contributed by atoms with E-state index in [-0.39, 0.29) is 11.7 Å². The number of hydrogen-bond acceptors (Lipinski definition) is 3.